The van der Waals surface area contributed by atoms with Gasteiger partial charge in [-0.3, -0.25) is 4.79 Å². The smallest absolute Gasteiger partial charge is 0.338 e. The zero-order valence-corrected chi connectivity index (χ0v) is 17.6. The number of nitrogens with zero attached hydrogens (tertiary/aromatic N) is 1. The number of Topliss-reactive ketones (excluding diaryl/α,β-unsaturated/α-hetero) is 1. The molecule has 1 atom stereocenters. The number of phenolic OH excluding ortho intramolecular Hbond substituents is 1. The first-order valence-corrected chi connectivity index (χ1v) is 10.4. The zero-order valence-electron chi connectivity index (χ0n) is 17.6. The molecule has 2 rings (SSSR count). The second-order valence-corrected chi connectivity index (χ2v) is 7.04. The molecule has 0 aliphatic rings. The number of esters is 1. The average molecular weight is 398 g/mol. The maximum Gasteiger partial charge on any atom is 0.338 e. The first-order chi connectivity index (χ1) is 14.0. The summed E-state index contributed by atoms with van der Waals surface area (Å²) in [5.41, 5.74) is 1.64. The number of anilines is 1. The van der Waals surface area contributed by atoms with Gasteiger partial charge in [-0.15, -0.1) is 0 Å². The van der Waals surface area contributed by atoms with E-state index in [0.717, 1.165) is 31.6 Å². The van der Waals surface area contributed by atoms with E-state index in [1.807, 2.05) is 26.0 Å². The van der Waals surface area contributed by atoms with Crippen LogP contribution < -0.4 is 4.90 Å². The van der Waals surface area contributed by atoms with E-state index in [9.17, 15) is 14.7 Å². The Morgan fingerprint density at radius 1 is 1.03 bits per heavy atom. The molecule has 0 radical (unpaired) electrons. The fraction of sp³-hybridized carbons (Fsp3) is 0.417. The largest absolute Gasteiger partial charge is 0.507 e. The highest BCUT2D eigenvalue weighted by molar-refractivity contribution is 6.01. The molecule has 29 heavy (non-hydrogen) atoms. The molecule has 2 aromatic rings. The van der Waals surface area contributed by atoms with Crippen molar-refractivity contribution in [1.29, 1.82) is 0 Å². The van der Waals surface area contributed by atoms with Gasteiger partial charge in [-0.25, -0.2) is 4.79 Å². The van der Waals surface area contributed by atoms with Crippen molar-refractivity contribution in [3.63, 3.8) is 0 Å². The van der Waals surface area contributed by atoms with Crippen LogP contribution in [0.1, 0.15) is 60.7 Å². The summed E-state index contributed by atoms with van der Waals surface area (Å²) in [5, 5.41) is 10.3. The molecule has 1 N–H and O–H groups in total. The van der Waals surface area contributed by atoms with Crippen molar-refractivity contribution in [2.75, 3.05) is 24.6 Å². The van der Waals surface area contributed by atoms with Crippen LogP contribution in [0.15, 0.2) is 48.5 Å². The molecule has 5 heteroatoms. The molecule has 0 aliphatic carbocycles. The van der Waals surface area contributed by atoms with Gasteiger partial charge >= 0.3 is 5.97 Å². The van der Waals surface area contributed by atoms with Crippen molar-refractivity contribution in [1.82, 2.24) is 0 Å². The molecular formula is C24H31NO4. The van der Waals surface area contributed by atoms with Crippen LogP contribution in [0.2, 0.25) is 0 Å². The van der Waals surface area contributed by atoms with Gasteiger partial charge in [0.15, 0.2) is 5.78 Å². The van der Waals surface area contributed by atoms with Crippen LogP contribution in [0.5, 0.6) is 5.75 Å². The molecule has 2 aromatic carbocycles. The molecule has 0 aliphatic heterocycles. The maximum absolute atomic E-state index is 13.2. The number of aromatic hydroxyl groups is 1. The molecule has 156 valence electrons. The van der Waals surface area contributed by atoms with Gasteiger partial charge in [0, 0.05) is 18.8 Å². The fourth-order valence-electron chi connectivity index (χ4n) is 3.30. The highest BCUT2D eigenvalue weighted by atomic mass is 16.5. The normalized spacial score (nSPS) is 11.7. The lowest BCUT2D eigenvalue weighted by atomic mass is 9.92. The monoisotopic (exact) mass is 397 g/mol. The quantitative estimate of drug-likeness (QED) is 0.423. The van der Waals surface area contributed by atoms with Crippen molar-refractivity contribution < 1.29 is 19.4 Å². The zero-order chi connectivity index (χ0) is 21.2. The number of hydrogen-bond donors (Lipinski definition) is 1. The standard InChI is InChI=1S/C24H31NO4/c1-4-7-11-19(17-29-24(28)18-12-9-8-10-13-18)23(27)21-16-20(14-15-22(21)26)25(5-2)6-3/h8-10,12-16,19,26H,4-7,11,17H2,1-3H3. The molecule has 0 heterocycles. The van der Waals surface area contributed by atoms with Crippen LogP contribution in [0.3, 0.4) is 0 Å². The van der Waals surface area contributed by atoms with Crippen LogP contribution in [0.25, 0.3) is 0 Å². The highest BCUT2D eigenvalue weighted by Gasteiger charge is 2.25. The van der Waals surface area contributed by atoms with Gasteiger partial charge < -0.3 is 14.7 Å². The van der Waals surface area contributed by atoms with Gasteiger partial charge in [0.25, 0.3) is 0 Å². The Balaban J connectivity index is 2.19. The molecule has 0 aromatic heterocycles. The number of unbranched alkanes of at least 4 members (excludes halogenated alkanes) is 1. The Kier molecular flexibility index (Phi) is 8.71. The van der Waals surface area contributed by atoms with Crippen molar-refractivity contribution >= 4 is 17.4 Å². The summed E-state index contributed by atoms with van der Waals surface area (Å²) in [5.74, 6) is -1.16. The topological polar surface area (TPSA) is 66.8 Å². The second kappa shape index (κ2) is 11.2. The molecule has 0 fully saturated rings. The minimum atomic E-state index is -0.486. The molecule has 0 bridgehead atoms. The Morgan fingerprint density at radius 2 is 1.72 bits per heavy atom. The third-order valence-electron chi connectivity index (χ3n) is 5.08. The number of carbonyl (C=O) groups is 2. The van der Waals surface area contributed by atoms with Crippen LogP contribution in [-0.4, -0.2) is 36.6 Å². The maximum atomic E-state index is 13.2. The predicted octanol–water partition coefficient (Wildman–Crippen LogP) is 5.08. The number of phenols is 1. The van der Waals surface area contributed by atoms with E-state index < -0.39 is 11.9 Å². The van der Waals surface area contributed by atoms with Gasteiger partial charge in [-0.05, 0) is 50.6 Å². The second-order valence-electron chi connectivity index (χ2n) is 7.04. The molecule has 5 nitrogen and oxygen atoms in total. The Morgan fingerprint density at radius 3 is 2.34 bits per heavy atom. The Hall–Kier alpha value is -2.82. The lowest BCUT2D eigenvalue weighted by Gasteiger charge is -2.23. The number of carbonyl (C=O) groups excluding carboxylic acids is 2. The average Bonchev–Trinajstić information content (AvgIpc) is 2.75. The summed E-state index contributed by atoms with van der Waals surface area (Å²) >= 11 is 0. The van der Waals surface area contributed by atoms with Crippen molar-refractivity contribution in [3.05, 3.63) is 59.7 Å². The highest BCUT2D eigenvalue weighted by Crippen LogP contribution is 2.28. The first kappa shape index (κ1) is 22.5. The van der Waals surface area contributed by atoms with E-state index in [1.165, 1.54) is 0 Å². The van der Waals surface area contributed by atoms with Crippen molar-refractivity contribution in [3.8, 4) is 5.75 Å². The van der Waals surface area contributed by atoms with E-state index in [0.29, 0.717) is 12.0 Å². The summed E-state index contributed by atoms with van der Waals surface area (Å²) in [6.07, 6.45) is 2.38. The van der Waals surface area contributed by atoms with Crippen molar-refractivity contribution in [2.45, 2.75) is 40.0 Å². The molecular weight excluding hydrogens is 366 g/mol. The van der Waals surface area contributed by atoms with E-state index in [2.05, 4.69) is 11.8 Å². The van der Waals surface area contributed by atoms with E-state index in [-0.39, 0.29) is 23.7 Å². The van der Waals surface area contributed by atoms with Crippen molar-refractivity contribution in [2.24, 2.45) is 5.92 Å². The first-order valence-electron chi connectivity index (χ1n) is 10.4. The molecule has 1 unspecified atom stereocenters. The minimum absolute atomic E-state index is 0.00149. The summed E-state index contributed by atoms with van der Waals surface area (Å²) in [4.78, 5) is 27.6. The lowest BCUT2D eigenvalue weighted by Crippen LogP contribution is -2.24. The van der Waals surface area contributed by atoms with Gasteiger partial charge in [0.2, 0.25) is 0 Å². The number of benzene rings is 2. The van der Waals surface area contributed by atoms with Gasteiger partial charge in [0.1, 0.15) is 12.4 Å². The molecule has 0 saturated heterocycles. The summed E-state index contributed by atoms with van der Waals surface area (Å²) < 4.78 is 5.44. The Labute approximate surface area is 173 Å². The van der Waals surface area contributed by atoms with E-state index >= 15 is 0 Å². The minimum Gasteiger partial charge on any atom is -0.507 e. The summed E-state index contributed by atoms with van der Waals surface area (Å²) in [6, 6.07) is 13.9. The van der Waals surface area contributed by atoms with Crippen LogP contribution in [0.4, 0.5) is 5.69 Å². The summed E-state index contributed by atoms with van der Waals surface area (Å²) in [6.45, 7) is 7.76. The lowest BCUT2D eigenvalue weighted by molar-refractivity contribution is 0.0422. The molecule has 0 saturated carbocycles. The SMILES string of the molecule is CCCCC(COC(=O)c1ccccc1)C(=O)c1cc(N(CC)CC)ccc1O. The third kappa shape index (κ3) is 6.08. The van der Waals surface area contributed by atoms with Gasteiger partial charge in [-0.2, -0.15) is 0 Å². The van der Waals surface area contributed by atoms with Gasteiger partial charge in [-0.1, -0.05) is 38.0 Å². The summed E-state index contributed by atoms with van der Waals surface area (Å²) in [7, 11) is 0. The number of hydrogen-bond acceptors (Lipinski definition) is 5. The molecule has 0 amide bonds. The predicted molar refractivity (Wildman–Crippen MR) is 116 cm³/mol. The third-order valence-corrected chi connectivity index (χ3v) is 5.08. The Bertz CT molecular complexity index is 800. The van der Waals surface area contributed by atoms with Crippen LogP contribution in [0, 0.1) is 5.92 Å². The van der Waals surface area contributed by atoms with E-state index in [1.54, 1.807) is 36.4 Å². The van der Waals surface area contributed by atoms with Gasteiger partial charge in [0.05, 0.1) is 17.0 Å². The number of ketones is 1. The number of rotatable bonds is 11. The van der Waals surface area contributed by atoms with E-state index in [4.69, 9.17) is 4.74 Å². The van der Waals surface area contributed by atoms with Crippen LogP contribution >= 0.6 is 0 Å². The number of ether oxygens (including phenoxy) is 1. The fourth-order valence-corrected chi connectivity index (χ4v) is 3.30. The van der Waals surface area contributed by atoms with Crippen LogP contribution in [-0.2, 0) is 4.74 Å². The molecule has 0 spiro atoms.